The number of carbonyl (C=O) groups is 2. The molecule has 1 aromatic rings. The van der Waals surface area contributed by atoms with Crippen molar-refractivity contribution >= 4 is 11.9 Å². The van der Waals surface area contributed by atoms with Gasteiger partial charge in [-0.05, 0) is 38.0 Å². The normalized spacial score (nSPS) is 10.1. The molecule has 1 rings (SSSR count). The van der Waals surface area contributed by atoms with Crippen molar-refractivity contribution in [3.05, 3.63) is 29.8 Å². The van der Waals surface area contributed by atoms with Crippen LogP contribution >= 0.6 is 0 Å². The molecule has 0 unspecified atom stereocenters. The molecule has 22 heavy (non-hydrogen) atoms. The molecule has 0 fully saturated rings. The third-order valence-electron chi connectivity index (χ3n) is 3.29. The summed E-state index contributed by atoms with van der Waals surface area (Å²) in [6.07, 6.45) is 1.13. The van der Waals surface area contributed by atoms with Gasteiger partial charge < -0.3 is 14.4 Å². The maximum atomic E-state index is 12.1. The second kappa shape index (κ2) is 9.82. The molecule has 5 heteroatoms. The Morgan fingerprint density at radius 3 is 2.59 bits per heavy atom. The fraction of sp³-hybridized carbons (Fsp3) is 0.529. The number of benzene rings is 1. The van der Waals surface area contributed by atoms with Crippen molar-refractivity contribution in [1.29, 1.82) is 0 Å². The molecule has 1 amide bonds. The zero-order chi connectivity index (χ0) is 16.4. The molecule has 0 bridgehead atoms. The number of hydrogen-bond donors (Lipinski definition) is 0. The van der Waals surface area contributed by atoms with Gasteiger partial charge in [0, 0.05) is 13.1 Å². The summed E-state index contributed by atoms with van der Waals surface area (Å²) < 4.78 is 10.4. The third-order valence-corrected chi connectivity index (χ3v) is 3.29. The number of ether oxygens (including phenoxy) is 2. The van der Waals surface area contributed by atoms with Gasteiger partial charge in [0.2, 0.25) is 0 Å². The number of aryl methyl sites for hydroxylation is 1. The van der Waals surface area contributed by atoms with Crippen LogP contribution in [-0.2, 0) is 20.7 Å². The van der Waals surface area contributed by atoms with Crippen molar-refractivity contribution in [1.82, 2.24) is 4.90 Å². The number of rotatable bonds is 9. The quantitative estimate of drug-likeness (QED) is 0.658. The van der Waals surface area contributed by atoms with Crippen LogP contribution in [0, 0.1) is 0 Å². The summed E-state index contributed by atoms with van der Waals surface area (Å²) in [5, 5.41) is 0. The van der Waals surface area contributed by atoms with Gasteiger partial charge in [-0.15, -0.1) is 0 Å². The molecule has 0 saturated carbocycles. The van der Waals surface area contributed by atoms with Crippen molar-refractivity contribution in [3.63, 3.8) is 0 Å². The van der Waals surface area contributed by atoms with E-state index in [9.17, 15) is 9.59 Å². The molecular formula is C17H25NO4. The van der Waals surface area contributed by atoms with Crippen LogP contribution in [0.2, 0.25) is 0 Å². The molecule has 5 nitrogen and oxygen atoms in total. The maximum absolute atomic E-state index is 12.1. The Balaban J connectivity index is 2.45. The van der Waals surface area contributed by atoms with Crippen LogP contribution in [0.5, 0.6) is 5.75 Å². The largest absolute Gasteiger partial charge is 0.484 e. The number of nitrogens with zero attached hydrogens (tertiary/aromatic N) is 1. The van der Waals surface area contributed by atoms with E-state index in [1.165, 1.54) is 5.56 Å². The van der Waals surface area contributed by atoms with E-state index in [-0.39, 0.29) is 24.9 Å². The number of hydrogen-bond acceptors (Lipinski definition) is 4. The number of likely N-dealkylation sites (N-methyl/N-ethyl adjacent to an activating group) is 1. The molecule has 0 aliphatic carbocycles. The van der Waals surface area contributed by atoms with Crippen molar-refractivity contribution < 1.29 is 19.1 Å². The monoisotopic (exact) mass is 307 g/mol. The molecule has 0 aliphatic rings. The smallest absolute Gasteiger partial charge is 0.307 e. The Kier molecular flexibility index (Phi) is 8.04. The highest BCUT2D eigenvalue weighted by molar-refractivity contribution is 5.78. The standard InChI is InChI=1S/C17H25NO4/c1-4-14-8-7-9-15(12-14)22-13-16(19)18(5-2)11-10-17(20)21-6-3/h7-9,12H,4-6,10-11,13H2,1-3H3. The van der Waals surface area contributed by atoms with Crippen LogP contribution in [0.1, 0.15) is 32.8 Å². The number of amides is 1. The van der Waals surface area contributed by atoms with Crippen molar-refractivity contribution in [3.8, 4) is 5.75 Å². The molecule has 122 valence electrons. The fourth-order valence-corrected chi connectivity index (χ4v) is 2.01. The molecular weight excluding hydrogens is 282 g/mol. The van der Waals surface area contributed by atoms with Gasteiger partial charge in [-0.3, -0.25) is 9.59 Å². The predicted octanol–water partition coefficient (Wildman–Crippen LogP) is 2.43. The zero-order valence-electron chi connectivity index (χ0n) is 13.6. The van der Waals surface area contributed by atoms with Crippen molar-refractivity contribution in [2.24, 2.45) is 0 Å². The van der Waals surface area contributed by atoms with E-state index in [1.807, 2.05) is 31.2 Å². The van der Waals surface area contributed by atoms with Crippen molar-refractivity contribution in [2.75, 3.05) is 26.3 Å². The maximum Gasteiger partial charge on any atom is 0.307 e. The first-order valence-corrected chi connectivity index (χ1v) is 7.75. The van der Waals surface area contributed by atoms with E-state index in [4.69, 9.17) is 9.47 Å². The highest BCUT2D eigenvalue weighted by Gasteiger charge is 2.14. The van der Waals surface area contributed by atoms with E-state index in [2.05, 4.69) is 6.92 Å². The minimum Gasteiger partial charge on any atom is -0.484 e. The van der Waals surface area contributed by atoms with Gasteiger partial charge in [-0.1, -0.05) is 19.1 Å². The highest BCUT2D eigenvalue weighted by Crippen LogP contribution is 2.13. The molecule has 0 radical (unpaired) electrons. The van der Waals surface area contributed by atoms with Crippen molar-refractivity contribution in [2.45, 2.75) is 33.6 Å². The lowest BCUT2D eigenvalue weighted by Gasteiger charge is -2.20. The molecule has 0 heterocycles. The first-order chi connectivity index (χ1) is 10.6. The Labute approximate surface area is 132 Å². The average Bonchev–Trinajstić information content (AvgIpc) is 2.54. The lowest BCUT2D eigenvalue weighted by atomic mass is 10.2. The van der Waals surface area contributed by atoms with E-state index >= 15 is 0 Å². The van der Waals surface area contributed by atoms with E-state index in [0.717, 1.165) is 6.42 Å². The number of esters is 1. The lowest BCUT2D eigenvalue weighted by Crippen LogP contribution is -2.36. The minimum atomic E-state index is -0.287. The van der Waals surface area contributed by atoms with E-state index in [0.29, 0.717) is 25.4 Å². The van der Waals surface area contributed by atoms with Crippen LogP contribution in [0.15, 0.2) is 24.3 Å². The summed E-state index contributed by atoms with van der Waals surface area (Å²) >= 11 is 0. The molecule has 0 saturated heterocycles. The van der Waals surface area contributed by atoms with Crippen LogP contribution in [0.25, 0.3) is 0 Å². The summed E-state index contributed by atoms with van der Waals surface area (Å²) in [6.45, 7) is 6.93. The Morgan fingerprint density at radius 2 is 1.95 bits per heavy atom. The zero-order valence-corrected chi connectivity index (χ0v) is 13.6. The van der Waals surface area contributed by atoms with Gasteiger partial charge in [0.25, 0.3) is 5.91 Å². The molecule has 1 aromatic carbocycles. The third kappa shape index (κ3) is 6.16. The molecule has 0 spiro atoms. The van der Waals surface area contributed by atoms with E-state index in [1.54, 1.807) is 11.8 Å². The predicted molar refractivity (Wildman–Crippen MR) is 84.8 cm³/mol. The minimum absolute atomic E-state index is 0.0240. The van der Waals surface area contributed by atoms with Crippen LogP contribution in [0.4, 0.5) is 0 Å². The summed E-state index contributed by atoms with van der Waals surface area (Å²) in [6, 6.07) is 7.70. The van der Waals surface area contributed by atoms with Crippen LogP contribution in [-0.4, -0.2) is 43.1 Å². The van der Waals surface area contributed by atoms with Crippen LogP contribution in [0.3, 0.4) is 0 Å². The van der Waals surface area contributed by atoms with Gasteiger partial charge in [0.15, 0.2) is 6.61 Å². The number of carbonyl (C=O) groups excluding carboxylic acids is 2. The Hall–Kier alpha value is -2.04. The SMILES string of the molecule is CCOC(=O)CCN(CC)C(=O)COc1cccc(CC)c1. The van der Waals surface area contributed by atoms with Gasteiger partial charge in [-0.2, -0.15) is 0 Å². The molecule has 0 aromatic heterocycles. The first-order valence-electron chi connectivity index (χ1n) is 7.75. The van der Waals surface area contributed by atoms with Gasteiger partial charge >= 0.3 is 5.97 Å². The summed E-state index contributed by atoms with van der Waals surface area (Å²) in [5.74, 6) is 0.271. The lowest BCUT2D eigenvalue weighted by molar-refractivity contribution is -0.144. The van der Waals surface area contributed by atoms with E-state index < -0.39 is 0 Å². The summed E-state index contributed by atoms with van der Waals surface area (Å²) in [4.78, 5) is 25.1. The summed E-state index contributed by atoms with van der Waals surface area (Å²) in [7, 11) is 0. The van der Waals surface area contributed by atoms with Gasteiger partial charge in [0.1, 0.15) is 5.75 Å². The molecule has 0 atom stereocenters. The van der Waals surface area contributed by atoms with Gasteiger partial charge in [0.05, 0.1) is 13.0 Å². The molecule has 0 N–H and O–H groups in total. The van der Waals surface area contributed by atoms with Gasteiger partial charge in [-0.25, -0.2) is 0 Å². The topological polar surface area (TPSA) is 55.8 Å². The fourth-order valence-electron chi connectivity index (χ4n) is 2.01. The second-order valence-electron chi connectivity index (χ2n) is 4.82. The average molecular weight is 307 g/mol. The summed E-state index contributed by atoms with van der Waals surface area (Å²) in [5.41, 5.74) is 1.17. The molecule has 0 aliphatic heterocycles. The second-order valence-corrected chi connectivity index (χ2v) is 4.82. The Morgan fingerprint density at radius 1 is 1.18 bits per heavy atom. The first kappa shape index (κ1) is 18.0. The Bertz CT molecular complexity index is 487. The van der Waals surface area contributed by atoms with Crippen LogP contribution < -0.4 is 4.74 Å². The highest BCUT2D eigenvalue weighted by atomic mass is 16.5.